The molecule has 1 rings (SSSR count). The zero-order valence-corrected chi connectivity index (χ0v) is 12.3. The number of thiophene rings is 1. The van der Waals surface area contributed by atoms with Crippen molar-refractivity contribution in [3.05, 3.63) is 22.4 Å². The van der Waals surface area contributed by atoms with Crippen LogP contribution in [0, 0.1) is 5.92 Å². The van der Waals surface area contributed by atoms with E-state index in [1.165, 1.54) is 5.56 Å². The summed E-state index contributed by atoms with van der Waals surface area (Å²) in [4.78, 5) is 12.0. The highest BCUT2D eigenvalue weighted by Gasteiger charge is 2.16. The van der Waals surface area contributed by atoms with Crippen molar-refractivity contribution in [3.8, 4) is 0 Å². The summed E-state index contributed by atoms with van der Waals surface area (Å²) in [6.45, 7) is 6.01. The van der Waals surface area contributed by atoms with E-state index < -0.39 is 0 Å². The van der Waals surface area contributed by atoms with E-state index in [0.717, 1.165) is 19.3 Å². The Labute approximate surface area is 114 Å². The van der Waals surface area contributed by atoms with E-state index in [1.807, 2.05) is 26.2 Å². The molecule has 0 fully saturated rings. The molecule has 1 heterocycles. The molecule has 0 saturated carbocycles. The molecule has 0 saturated heterocycles. The number of hydrogen-bond donors (Lipinski definition) is 2. The molecule has 102 valence electrons. The molecule has 18 heavy (non-hydrogen) atoms. The van der Waals surface area contributed by atoms with Crippen LogP contribution < -0.4 is 11.1 Å². The van der Waals surface area contributed by atoms with Crippen LogP contribution in [0.3, 0.4) is 0 Å². The van der Waals surface area contributed by atoms with E-state index in [9.17, 15) is 4.79 Å². The summed E-state index contributed by atoms with van der Waals surface area (Å²) in [7, 11) is 0. The van der Waals surface area contributed by atoms with Gasteiger partial charge >= 0.3 is 0 Å². The van der Waals surface area contributed by atoms with Crippen LogP contribution in [0.4, 0.5) is 0 Å². The number of carbonyl (C=O) groups excluding carboxylic acids is 1. The minimum absolute atomic E-state index is 0.0600. The molecule has 0 spiro atoms. The highest BCUT2D eigenvalue weighted by Crippen LogP contribution is 2.17. The monoisotopic (exact) mass is 268 g/mol. The first-order valence-electron chi connectivity index (χ1n) is 6.58. The third-order valence-corrected chi connectivity index (χ3v) is 3.85. The van der Waals surface area contributed by atoms with Gasteiger partial charge in [0, 0.05) is 12.0 Å². The Morgan fingerprint density at radius 1 is 1.39 bits per heavy atom. The zero-order valence-electron chi connectivity index (χ0n) is 11.5. The lowest BCUT2D eigenvalue weighted by Crippen LogP contribution is -2.31. The van der Waals surface area contributed by atoms with Gasteiger partial charge in [0.05, 0.1) is 6.04 Å². The van der Waals surface area contributed by atoms with Crippen LogP contribution in [0.25, 0.3) is 0 Å². The molecule has 0 aromatic carbocycles. The van der Waals surface area contributed by atoms with Crippen molar-refractivity contribution in [3.63, 3.8) is 0 Å². The molecule has 0 aliphatic rings. The van der Waals surface area contributed by atoms with Crippen LogP contribution in [0.2, 0.25) is 0 Å². The molecule has 3 nitrogen and oxygen atoms in total. The fourth-order valence-electron chi connectivity index (χ4n) is 1.84. The summed E-state index contributed by atoms with van der Waals surface area (Å²) < 4.78 is 0. The van der Waals surface area contributed by atoms with Crippen LogP contribution in [0.1, 0.15) is 51.6 Å². The second-order valence-corrected chi connectivity index (χ2v) is 5.88. The minimum Gasteiger partial charge on any atom is -0.349 e. The number of carbonyl (C=O) groups is 1. The Balaban J connectivity index is 2.31. The summed E-state index contributed by atoms with van der Waals surface area (Å²) in [6, 6.07) is 2.38. The maximum atomic E-state index is 12.0. The molecule has 3 unspecified atom stereocenters. The van der Waals surface area contributed by atoms with Crippen molar-refractivity contribution in [2.24, 2.45) is 11.7 Å². The van der Waals surface area contributed by atoms with Gasteiger partial charge in [0.25, 0.3) is 0 Å². The van der Waals surface area contributed by atoms with Crippen LogP contribution in [0.5, 0.6) is 0 Å². The van der Waals surface area contributed by atoms with Gasteiger partial charge in [-0.25, -0.2) is 0 Å². The molecule has 1 aromatic heterocycles. The molecular weight excluding hydrogens is 244 g/mol. The van der Waals surface area contributed by atoms with Gasteiger partial charge in [-0.2, -0.15) is 11.3 Å². The van der Waals surface area contributed by atoms with Crippen LogP contribution in [0.15, 0.2) is 16.8 Å². The van der Waals surface area contributed by atoms with E-state index in [2.05, 4.69) is 16.8 Å². The normalized spacial score (nSPS) is 16.0. The van der Waals surface area contributed by atoms with Crippen molar-refractivity contribution in [2.45, 2.75) is 52.1 Å². The highest BCUT2D eigenvalue weighted by atomic mass is 32.1. The van der Waals surface area contributed by atoms with E-state index in [4.69, 9.17) is 5.73 Å². The van der Waals surface area contributed by atoms with Gasteiger partial charge in [0.1, 0.15) is 0 Å². The Kier molecular flexibility index (Phi) is 6.36. The first kappa shape index (κ1) is 15.2. The molecule has 0 bridgehead atoms. The van der Waals surface area contributed by atoms with E-state index >= 15 is 0 Å². The maximum Gasteiger partial charge on any atom is 0.223 e. The molecule has 0 aliphatic carbocycles. The second-order valence-electron chi connectivity index (χ2n) is 5.10. The Bertz CT molecular complexity index is 349. The summed E-state index contributed by atoms with van der Waals surface area (Å²) in [6.07, 6.45) is 2.90. The van der Waals surface area contributed by atoms with E-state index in [1.54, 1.807) is 11.3 Å². The van der Waals surface area contributed by atoms with Crippen molar-refractivity contribution in [1.29, 1.82) is 0 Å². The molecule has 1 amide bonds. The average molecular weight is 268 g/mol. The molecule has 4 heteroatoms. The van der Waals surface area contributed by atoms with Crippen molar-refractivity contribution < 1.29 is 4.79 Å². The Hall–Kier alpha value is -0.870. The smallest absolute Gasteiger partial charge is 0.223 e. The third kappa shape index (κ3) is 5.19. The molecule has 3 N–H and O–H groups in total. The lowest BCUT2D eigenvalue weighted by atomic mass is 10.0. The van der Waals surface area contributed by atoms with Gasteiger partial charge in [-0.05, 0) is 49.1 Å². The van der Waals surface area contributed by atoms with Crippen LogP contribution in [-0.2, 0) is 4.79 Å². The average Bonchev–Trinajstić information content (AvgIpc) is 2.81. The molecule has 3 atom stereocenters. The topological polar surface area (TPSA) is 55.1 Å². The maximum absolute atomic E-state index is 12.0. The van der Waals surface area contributed by atoms with Crippen molar-refractivity contribution in [1.82, 2.24) is 5.32 Å². The zero-order chi connectivity index (χ0) is 13.5. The van der Waals surface area contributed by atoms with Gasteiger partial charge in [-0.3, -0.25) is 4.79 Å². The molecule has 1 aromatic rings. The molecular formula is C14H24N2OS. The Morgan fingerprint density at radius 2 is 2.11 bits per heavy atom. The number of nitrogens with two attached hydrogens (primary N) is 1. The molecule has 0 radical (unpaired) electrons. The number of amides is 1. The van der Waals surface area contributed by atoms with Crippen LogP contribution in [-0.4, -0.2) is 11.9 Å². The van der Waals surface area contributed by atoms with Crippen LogP contribution >= 0.6 is 11.3 Å². The predicted molar refractivity (Wildman–Crippen MR) is 77.5 cm³/mol. The van der Waals surface area contributed by atoms with Gasteiger partial charge in [-0.1, -0.05) is 13.3 Å². The number of nitrogens with one attached hydrogen (secondary N) is 1. The fraction of sp³-hybridized carbons (Fsp3) is 0.643. The summed E-state index contributed by atoms with van der Waals surface area (Å²) in [5.74, 6) is 0.197. The first-order valence-corrected chi connectivity index (χ1v) is 7.53. The first-order chi connectivity index (χ1) is 8.50. The minimum atomic E-state index is 0.0600. The number of hydrogen-bond acceptors (Lipinski definition) is 3. The predicted octanol–water partition coefficient (Wildman–Crippen LogP) is 3.08. The van der Waals surface area contributed by atoms with Gasteiger partial charge in [0.2, 0.25) is 5.91 Å². The van der Waals surface area contributed by atoms with Crippen molar-refractivity contribution >= 4 is 17.2 Å². The standard InChI is InChI=1S/C14H24N2OS/c1-10(5-4-6-11(2)15)14(17)16-12(3)13-7-8-18-9-13/h7-12H,4-6,15H2,1-3H3,(H,16,17). The third-order valence-electron chi connectivity index (χ3n) is 3.15. The van der Waals surface area contributed by atoms with Crippen molar-refractivity contribution in [2.75, 3.05) is 0 Å². The number of rotatable bonds is 7. The summed E-state index contributed by atoms with van der Waals surface area (Å²) >= 11 is 1.66. The van der Waals surface area contributed by atoms with Gasteiger partial charge in [-0.15, -0.1) is 0 Å². The summed E-state index contributed by atoms with van der Waals surface area (Å²) in [5, 5.41) is 7.16. The second kappa shape index (κ2) is 7.54. The Morgan fingerprint density at radius 3 is 2.67 bits per heavy atom. The quantitative estimate of drug-likeness (QED) is 0.798. The van der Waals surface area contributed by atoms with Gasteiger partial charge < -0.3 is 11.1 Å². The molecule has 0 aliphatic heterocycles. The van der Waals surface area contributed by atoms with Gasteiger partial charge in [0.15, 0.2) is 0 Å². The van der Waals surface area contributed by atoms with E-state index in [0.29, 0.717) is 0 Å². The SMILES string of the molecule is CC(N)CCCC(C)C(=O)NC(C)c1ccsc1. The lowest BCUT2D eigenvalue weighted by molar-refractivity contribution is -0.125. The fourth-order valence-corrected chi connectivity index (χ4v) is 2.59. The lowest BCUT2D eigenvalue weighted by Gasteiger charge is -2.17. The summed E-state index contributed by atoms with van der Waals surface area (Å²) in [5.41, 5.74) is 6.88. The largest absolute Gasteiger partial charge is 0.349 e. The highest BCUT2D eigenvalue weighted by molar-refractivity contribution is 7.07. The van der Waals surface area contributed by atoms with E-state index in [-0.39, 0.29) is 23.9 Å².